The Labute approximate surface area is 199 Å². The SMILES string of the molecule is CCOc1cc(C=C(C#N)C(=O)Nc2nc(S(C)(=O)=O)ns2)ccc1OCc1ccc(F)cc1. The molecule has 0 aliphatic carbocycles. The van der Waals surface area contributed by atoms with Crippen molar-refractivity contribution >= 4 is 38.5 Å². The minimum Gasteiger partial charge on any atom is -0.490 e. The smallest absolute Gasteiger partial charge is 0.268 e. The highest BCUT2D eigenvalue weighted by Crippen LogP contribution is 2.30. The Morgan fingerprint density at radius 2 is 1.94 bits per heavy atom. The summed E-state index contributed by atoms with van der Waals surface area (Å²) in [6.45, 7) is 2.34. The number of carbonyl (C=O) groups is 1. The van der Waals surface area contributed by atoms with Crippen LogP contribution in [0.3, 0.4) is 0 Å². The number of halogens is 1. The largest absolute Gasteiger partial charge is 0.490 e. The average Bonchev–Trinajstić information content (AvgIpc) is 3.27. The molecule has 0 saturated heterocycles. The highest BCUT2D eigenvalue weighted by atomic mass is 32.2. The van der Waals surface area contributed by atoms with E-state index in [0.717, 1.165) is 11.8 Å². The van der Waals surface area contributed by atoms with E-state index in [2.05, 4.69) is 14.7 Å². The molecule has 9 nitrogen and oxygen atoms in total. The van der Waals surface area contributed by atoms with Gasteiger partial charge in [0, 0.05) is 17.8 Å². The predicted molar refractivity (Wildman–Crippen MR) is 124 cm³/mol. The van der Waals surface area contributed by atoms with E-state index in [4.69, 9.17) is 9.47 Å². The number of benzene rings is 2. The molecule has 0 spiro atoms. The molecule has 34 heavy (non-hydrogen) atoms. The van der Waals surface area contributed by atoms with Crippen LogP contribution in [0, 0.1) is 17.1 Å². The quantitative estimate of drug-likeness (QED) is 0.347. The highest BCUT2D eigenvalue weighted by molar-refractivity contribution is 7.90. The van der Waals surface area contributed by atoms with Crippen LogP contribution >= 0.6 is 11.5 Å². The van der Waals surface area contributed by atoms with E-state index < -0.39 is 20.9 Å². The Morgan fingerprint density at radius 3 is 2.56 bits per heavy atom. The number of aromatic nitrogens is 2. The van der Waals surface area contributed by atoms with Crippen LogP contribution in [0.2, 0.25) is 0 Å². The Kier molecular flexibility index (Phi) is 7.93. The number of rotatable bonds is 9. The van der Waals surface area contributed by atoms with Crippen molar-refractivity contribution in [1.82, 2.24) is 9.36 Å². The van der Waals surface area contributed by atoms with Gasteiger partial charge in [-0.15, -0.1) is 0 Å². The predicted octanol–water partition coefficient (Wildman–Crippen LogP) is 3.60. The normalized spacial score (nSPS) is 11.5. The first-order chi connectivity index (χ1) is 16.2. The summed E-state index contributed by atoms with van der Waals surface area (Å²) in [4.78, 5) is 16.2. The zero-order chi connectivity index (χ0) is 24.7. The van der Waals surface area contributed by atoms with Gasteiger partial charge in [0.2, 0.25) is 15.0 Å². The fourth-order valence-corrected chi connectivity index (χ4v) is 4.07. The molecule has 0 bridgehead atoms. The van der Waals surface area contributed by atoms with Crippen molar-refractivity contribution in [2.75, 3.05) is 18.2 Å². The number of anilines is 1. The molecule has 1 amide bonds. The van der Waals surface area contributed by atoms with Crippen LogP contribution < -0.4 is 14.8 Å². The third-order valence-electron chi connectivity index (χ3n) is 4.21. The zero-order valence-corrected chi connectivity index (χ0v) is 19.7. The van der Waals surface area contributed by atoms with Gasteiger partial charge >= 0.3 is 0 Å². The minimum atomic E-state index is -3.62. The number of nitrogens with one attached hydrogen (secondary N) is 1. The first-order valence-corrected chi connectivity index (χ1v) is 12.5. The van der Waals surface area contributed by atoms with Gasteiger partial charge in [0.25, 0.3) is 11.1 Å². The van der Waals surface area contributed by atoms with Gasteiger partial charge in [0.05, 0.1) is 6.61 Å². The van der Waals surface area contributed by atoms with Gasteiger partial charge in [-0.1, -0.05) is 18.2 Å². The molecule has 3 rings (SSSR count). The average molecular weight is 503 g/mol. The van der Waals surface area contributed by atoms with Crippen LogP contribution in [-0.2, 0) is 21.2 Å². The summed E-state index contributed by atoms with van der Waals surface area (Å²) in [5, 5.41) is 11.3. The standard InChI is InChI=1S/C22H19FN4O5S2/c1-3-31-19-11-15(6-9-18(19)32-13-14-4-7-17(23)8-5-14)10-16(12-24)20(28)25-21-26-22(27-33-21)34(2,29)30/h4-11H,3,13H2,1-2H3,(H,25,26,27,28). The fourth-order valence-electron chi connectivity index (χ4n) is 2.63. The lowest BCUT2D eigenvalue weighted by molar-refractivity contribution is -0.112. The molecule has 0 saturated carbocycles. The fraction of sp³-hybridized carbons (Fsp3) is 0.182. The Bertz CT molecular complexity index is 1360. The maximum absolute atomic E-state index is 13.1. The van der Waals surface area contributed by atoms with Crippen LogP contribution in [0.25, 0.3) is 6.08 Å². The van der Waals surface area contributed by atoms with Crippen LogP contribution in [-0.4, -0.2) is 36.5 Å². The molecule has 0 atom stereocenters. The van der Waals surface area contributed by atoms with Crippen molar-refractivity contribution < 1.29 is 27.1 Å². The minimum absolute atomic E-state index is 0.0499. The van der Waals surface area contributed by atoms with Crippen molar-refractivity contribution in [3.05, 3.63) is 65.0 Å². The number of amides is 1. The van der Waals surface area contributed by atoms with Gasteiger partial charge < -0.3 is 9.47 Å². The zero-order valence-electron chi connectivity index (χ0n) is 18.1. The van der Waals surface area contributed by atoms with E-state index in [1.165, 1.54) is 18.2 Å². The Balaban J connectivity index is 1.77. The highest BCUT2D eigenvalue weighted by Gasteiger charge is 2.18. The van der Waals surface area contributed by atoms with E-state index in [1.54, 1.807) is 37.3 Å². The van der Waals surface area contributed by atoms with Gasteiger partial charge in [-0.05, 0) is 48.4 Å². The first-order valence-electron chi connectivity index (χ1n) is 9.80. The summed E-state index contributed by atoms with van der Waals surface area (Å²) < 4.78 is 51.1. The van der Waals surface area contributed by atoms with Crippen molar-refractivity contribution in [2.24, 2.45) is 0 Å². The number of sulfone groups is 1. The Morgan fingerprint density at radius 1 is 1.21 bits per heavy atom. The lowest BCUT2D eigenvalue weighted by Gasteiger charge is -2.13. The summed E-state index contributed by atoms with van der Waals surface area (Å²) in [5.41, 5.74) is 1.03. The molecule has 2 aromatic carbocycles. The lowest BCUT2D eigenvalue weighted by Crippen LogP contribution is -2.13. The topological polar surface area (TPSA) is 131 Å². The summed E-state index contributed by atoms with van der Waals surface area (Å²) >= 11 is 0.688. The van der Waals surface area contributed by atoms with E-state index in [-0.39, 0.29) is 23.1 Å². The third kappa shape index (κ3) is 6.60. The van der Waals surface area contributed by atoms with E-state index in [1.807, 2.05) is 6.07 Å². The summed E-state index contributed by atoms with van der Waals surface area (Å²) in [6, 6.07) is 12.6. The molecule has 12 heteroatoms. The van der Waals surface area contributed by atoms with Gasteiger partial charge in [0.15, 0.2) is 11.5 Å². The number of ether oxygens (including phenoxy) is 2. The molecule has 3 aromatic rings. The summed E-state index contributed by atoms with van der Waals surface area (Å²) in [7, 11) is -3.62. The monoisotopic (exact) mass is 502 g/mol. The van der Waals surface area contributed by atoms with Crippen molar-refractivity contribution in [1.29, 1.82) is 5.26 Å². The molecule has 0 unspecified atom stereocenters. The number of hydrogen-bond donors (Lipinski definition) is 1. The maximum atomic E-state index is 13.1. The molecule has 0 radical (unpaired) electrons. The molecular formula is C22H19FN4O5S2. The Hall–Kier alpha value is -3.82. The number of nitrogens with zero attached hydrogens (tertiary/aromatic N) is 3. The molecule has 0 fully saturated rings. The second-order valence-electron chi connectivity index (χ2n) is 6.83. The van der Waals surface area contributed by atoms with Crippen molar-refractivity contribution in [3.8, 4) is 17.6 Å². The summed E-state index contributed by atoms with van der Waals surface area (Å²) in [5.74, 6) is -0.270. The van der Waals surface area contributed by atoms with Crippen LogP contribution in [0.5, 0.6) is 11.5 Å². The molecular weight excluding hydrogens is 483 g/mol. The molecule has 0 aliphatic rings. The van der Waals surface area contributed by atoms with Gasteiger partial charge in [-0.3, -0.25) is 10.1 Å². The van der Waals surface area contributed by atoms with Gasteiger partial charge in [0.1, 0.15) is 24.1 Å². The molecule has 0 aliphatic heterocycles. The lowest BCUT2D eigenvalue weighted by atomic mass is 10.1. The second kappa shape index (κ2) is 10.9. The first kappa shape index (κ1) is 24.8. The number of carbonyl (C=O) groups excluding carboxylic acids is 1. The van der Waals surface area contributed by atoms with Crippen molar-refractivity contribution in [3.63, 3.8) is 0 Å². The molecule has 1 N–H and O–H groups in total. The molecule has 1 heterocycles. The summed E-state index contributed by atoms with van der Waals surface area (Å²) in [6.07, 6.45) is 2.30. The van der Waals surface area contributed by atoms with E-state index in [9.17, 15) is 22.9 Å². The number of hydrogen-bond acceptors (Lipinski definition) is 9. The number of nitriles is 1. The molecule has 1 aromatic heterocycles. The van der Waals surface area contributed by atoms with Crippen LogP contribution in [0.1, 0.15) is 18.1 Å². The third-order valence-corrected chi connectivity index (χ3v) is 5.80. The van der Waals surface area contributed by atoms with Crippen LogP contribution in [0.15, 0.2) is 53.2 Å². The van der Waals surface area contributed by atoms with Crippen LogP contribution in [0.4, 0.5) is 9.52 Å². The second-order valence-corrected chi connectivity index (χ2v) is 9.49. The van der Waals surface area contributed by atoms with E-state index >= 15 is 0 Å². The maximum Gasteiger partial charge on any atom is 0.268 e. The molecule has 176 valence electrons. The van der Waals surface area contributed by atoms with E-state index in [0.29, 0.717) is 35.2 Å². The van der Waals surface area contributed by atoms with Gasteiger partial charge in [-0.2, -0.15) is 14.6 Å². The van der Waals surface area contributed by atoms with Crippen molar-refractivity contribution in [2.45, 2.75) is 18.7 Å². The van der Waals surface area contributed by atoms with Gasteiger partial charge in [-0.25, -0.2) is 12.8 Å².